The molecule has 0 fully saturated rings. The van der Waals surface area contributed by atoms with Gasteiger partial charge in [0.2, 0.25) is 5.91 Å². The number of hydrogen-bond acceptors (Lipinski definition) is 6. The Morgan fingerprint density at radius 1 is 1.14 bits per heavy atom. The minimum absolute atomic E-state index is 0.0854. The smallest absolute Gasteiger partial charge is 0.337 e. The molecule has 0 saturated carbocycles. The summed E-state index contributed by atoms with van der Waals surface area (Å²) in [5.41, 5.74) is 2.41. The zero-order chi connectivity index (χ0) is 20.5. The van der Waals surface area contributed by atoms with Crippen molar-refractivity contribution in [2.24, 2.45) is 0 Å². The van der Waals surface area contributed by atoms with Gasteiger partial charge in [0, 0.05) is 11.8 Å². The molecule has 1 N–H and O–H groups in total. The summed E-state index contributed by atoms with van der Waals surface area (Å²) in [5, 5.41) is 11.3. The number of amides is 1. The highest BCUT2D eigenvalue weighted by Gasteiger charge is 2.09. The first-order chi connectivity index (χ1) is 13.5. The minimum atomic E-state index is -0.475. The molecule has 7 nitrogen and oxygen atoms in total. The normalized spacial score (nSPS) is 10.2. The molecule has 0 saturated heterocycles. The molecule has 2 aromatic rings. The van der Waals surface area contributed by atoms with Gasteiger partial charge in [-0.25, -0.2) is 4.79 Å². The van der Waals surface area contributed by atoms with E-state index in [-0.39, 0.29) is 12.5 Å². The van der Waals surface area contributed by atoms with E-state index in [1.54, 1.807) is 42.5 Å². The lowest BCUT2D eigenvalue weighted by Crippen LogP contribution is -2.10. The van der Waals surface area contributed by atoms with Gasteiger partial charge < -0.3 is 19.5 Å². The summed E-state index contributed by atoms with van der Waals surface area (Å²) < 4.78 is 15.2. The Kier molecular flexibility index (Phi) is 7.17. The van der Waals surface area contributed by atoms with Crippen LogP contribution in [0.25, 0.3) is 6.08 Å². The maximum atomic E-state index is 12.2. The van der Waals surface area contributed by atoms with Gasteiger partial charge >= 0.3 is 5.97 Å². The molecule has 0 aliphatic rings. The Hall–Kier alpha value is -3.79. The summed E-state index contributed by atoms with van der Waals surface area (Å²) in [5.74, 6) is 0.0751. The number of methoxy groups -OCH3 is 2. The highest BCUT2D eigenvalue weighted by molar-refractivity contribution is 6.03. The monoisotopic (exact) mass is 380 g/mol. The fourth-order valence-electron chi connectivity index (χ4n) is 2.36. The molecule has 0 spiro atoms. The average Bonchev–Trinajstić information content (AvgIpc) is 2.71. The number of carbonyl (C=O) groups is 2. The van der Waals surface area contributed by atoms with Crippen LogP contribution in [0.4, 0.5) is 5.69 Å². The number of ether oxygens (including phenoxy) is 3. The van der Waals surface area contributed by atoms with Crippen molar-refractivity contribution in [3.05, 3.63) is 59.2 Å². The van der Waals surface area contributed by atoms with Crippen LogP contribution in [-0.4, -0.2) is 32.7 Å². The number of aryl methyl sites for hydroxylation is 1. The second-order valence-corrected chi connectivity index (χ2v) is 5.70. The number of nitriles is 1. The molecule has 2 rings (SSSR count). The third-order valence-electron chi connectivity index (χ3n) is 3.82. The molecule has 0 aromatic heterocycles. The molecular weight excluding hydrogens is 360 g/mol. The minimum Gasteiger partial charge on any atom is -0.493 e. The first-order valence-corrected chi connectivity index (χ1v) is 8.34. The largest absolute Gasteiger partial charge is 0.493 e. The van der Waals surface area contributed by atoms with Crippen LogP contribution in [0.15, 0.2) is 42.5 Å². The van der Waals surface area contributed by atoms with E-state index in [1.807, 2.05) is 13.0 Å². The lowest BCUT2D eigenvalue weighted by atomic mass is 10.1. The van der Waals surface area contributed by atoms with E-state index in [0.29, 0.717) is 22.7 Å². The number of nitrogens with one attached hydrogen (secondary N) is 1. The molecule has 0 unspecified atom stereocenters. The molecule has 7 heteroatoms. The predicted molar refractivity (Wildman–Crippen MR) is 104 cm³/mol. The van der Waals surface area contributed by atoms with Gasteiger partial charge in [-0.1, -0.05) is 12.1 Å². The van der Waals surface area contributed by atoms with E-state index in [9.17, 15) is 9.59 Å². The number of hydrogen-bond donors (Lipinski definition) is 1. The van der Waals surface area contributed by atoms with Crippen molar-refractivity contribution in [1.82, 2.24) is 0 Å². The van der Waals surface area contributed by atoms with Gasteiger partial charge in [-0.05, 0) is 48.4 Å². The number of carbonyl (C=O) groups excluding carboxylic acids is 2. The highest BCUT2D eigenvalue weighted by atomic mass is 16.5. The summed E-state index contributed by atoms with van der Waals surface area (Å²) in [6, 6.07) is 11.9. The zero-order valence-corrected chi connectivity index (χ0v) is 15.8. The first kappa shape index (κ1) is 20.5. The predicted octanol–water partition coefficient (Wildman–Crippen LogP) is 3.34. The Morgan fingerprint density at radius 3 is 2.61 bits per heavy atom. The lowest BCUT2D eigenvalue weighted by Gasteiger charge is -2.09. The molecule has 0 radical (unpaired) electrons. The molecule has 2 aromatic carbocycles. The van der Waals surface area contributed by atoms with Gasteiger partial charge in [0.1, 0.15) is 6.07 Å². The molecule has 0 aliphatic carbocycles. The van der Waals surface area contributed by atoms with Gasteiger partial charge in [0.15, 0.2) is 18.1 Å². The quantitative estimate of drug-likeness (QED) is 0.584. The number of esters is 1. The summed E-state index contributed by atoms with van der Waals surface area (Å²) in [6.45, 7) is 1.74. The van der Waals surface area contributed by atoms with E-state index >= 15 is 0 Å². The maximum Gasteiger partial charge on any atom is 0.337 e. The van der Waals surface area contributed by atoms with E-state index in [2.05, 4.69) is 5.32 Å². The van der Waals surface area contributed by atoms with Gasteiger partial charge in [-0.15, -0.1) is 0 Å². The number of anilines is 1. The van der Waals surface area contributed by atoms with Gasteiger partial charge in [-0.2, -0.15) is 5.26 Å². The van der Waals surface area contributed by atoms with Crippen LogP contribution in [0.3, 0.4) is 0 Å². The van der Waals surface area contributed by atoms with Crippen molar-refractivity contribution in [2.75, 3.05) is 26.1 Å². The Labute approximate surface area is 163 Å². The summed E-state index contributed by atoms with van der Waals surface area (Å²) >= 11 is 0. The number of rotatable bonds is 7. The van der Waals surface area contributed by atoms with Crippen LogP contribution < -0.4 is 14.8 Å². The summed E-state index contributed by atoms with van der Waals surface area (Å²) in [7, 11) is 2.79. The highest BCUT2D eigenvalue weighted by Crippen LogP contribution is 2.28. The van der Waals surface area contributed by atoms with Crippen molar-refractivity contribution < 1.29 is 23.8 Å². The molecule has 28 heavy (non-hydrogen) atoms. The molecule has 0 aliphatic heterocycles. The molecule has 144 valence electrons. The van der Waals surface area contributed by atoms with E-state index in [4.69, 9.17) is 19.5 Å². The molecule has 0 heterocycles. The maximum absolute atomic E-state index is 12.2. The second-order valence-electron chi connectivity index (χ2n) is 5.70. The molecule has 0 bridgehead atoms. The van der Waals surface area contributed by atoms with E-state index in [0.717, 1.165) is 11.1 Å². The third kappa shape index (κ3) is 5.35. The topological polar surface area (TPSA) is 97.6 Å². The SMILES string of the molecule is COC(=O)c1ccc(C)c(NC(=O)/C=C/c2ccc(OCC#N)c(OC)c2)c1. The summed E-state index contributed by atoms with van der Waals surface area (Å²) in [4.78, 5) is 23.9. The zero-order valence-electron chi connectivity index (χ0n) is 15.8. The number of nitrogens with zero attached hydrogens (tertiary/aromatic N) is 1. The Balaban J connectivity index is 2.12. The second kappa shape index (κ2) is 9.78. The van der Waals surface area contributed by atoms with Crippen LogP contribution >= 0.6 is 0 Å². The standard InChI is InChI=1S/C21H20N2O5/c1-14-4-7-16(21(25)27-3)13-17(14)23-20(24)9-6-15-5-8-18(28-11-10-22)19(12-15)26-2/h4-9,12-13H,11H2,1-3H3,(H,23,24)/b9-6+. The van der Waals surface area contributed by atoms with Crippen LogP contribution in [0, 0.1) is 18.3 Å². The number of benzene rings is 2. The Bertz CT molecular complexity index is 944. The summed E-state index contributed by atoms with van der Waals surface area (Å²) in [6.07, 6.45) is 2.99. The van der Waals surface area contributed by atoms with E-state index in [1.165, 1.54) is 20.3 Å². The van der Waals surface area contributed by atoms with Gasteiger partial charge in [-0.3, -0.25) is 4.79 Å². The molecule has 0 atom stereocenters. The van der Waals surface area contributed by atoms with Crippen LogP contribution in [-0.2, 0) is 9.53 Å². The van der Waals surface area contributed by atoms with Crippen molar-refractivity contribution >= 4 is 23.6 Å². The average molecular weight is 380 g/mol. The first-order valence-electron chi connectivity index (χ1n) is 8.34. The molecule has 1 amide bonds. The van der Waals surface area contributed by atoms with Crippen molar-refractivity contribution in [3.8, 4) is 17.6 Å². The van der Waals surface area contributed by atoms with Crippen molar-refractivity contribution in [3.63, 3.8) is 0 Å². The van der Waals surface area contributed by atoms with Gasteiger partial charge in [0.05, 0.1) is 19.8 Å². The molecular formula is C21H20N2O5. The van der Waals surface area contributed by atoms with Crippen molar-refractivity contribution in [1.29, 1.82) is 5.26 Å². The van der Waals surface area contributed by atoms with Crippen LogP contribution in [0.1, 0.15) is 21.5 Å². The van der Waals surface area contributed by atoms with Crippen LogP contribution in [0.2, 0.25) is 0 Å². The van der Waals surface area contributed by atoms with E-state index < -0.39 is 5.97 Å². The lowest BCUT2D eigenvalue weighted by molar-refractivity contribution is -0.111. The third-order valence-corrected chi connectivity index (χ3v) is 3.82. The van der Waals surface area contributed by atoms with Crippen LogP contribution in [0.5, 0.6) is 11.5 Å². The fraction of sp³-hybridized carbons (Fsp3) is 0.190. The van der Waals surface area contributed by atoms with Gasteiger partial charge in [0.25, 0.3) is 0 Å². The fourth-order valence-corrected chi connectivity index (χ4v) is 2.36. The Morgan fingerprint density at radius 2 is 1.93 bits per heavy atom. The van der Waals surface area contributed by atoms with Crippen molar-refractivity contribution in [2.45, 2.75) is 6.92 Å².